The van der Waals surface area contributed by atoms with Crippen LogP contribution in [0.15, 0.2) is 85.2 Å². The largest absolute Gasteiger partial charge is 0.543 e. The van der Waals surface area contributed by atoms with E-state index in [0.29, 0.717) is 37.1 Å². The normalized spacial score (nSPS) is 17.8. The fourth-order valence-corrected chi connectivity index (χ4v) is 17.4. The van der Waals surface area contributed by atoms with Gasteiger partial charge in [-0.1, -0.05) is 119 Å². The quantitative estimate of drug-likeness (QED) is 0.0718. The van der Waals surface area contributed by atoms with Gasteiger partial charge in [-0.05, 0) is 120 Å². The molecule has 79 heavy (non-hydrogen) atoms. The Morgan fingerprint density at radius 1 is 0.861 bits per heavy atom. The molecule has 1 saturated heterocycles. The van der Waals surface area contributed by atoms with Crippen LogP contribution < -0.4 is 15.2 Å². The van der Waals surface area contributed by atoms with Gasteiger partial charge >= 0.3 is 12.1 Å². The minimum atomic E-state index is -2.56. The summed E-state index contributed by atoms with van der Waals surface area (Å²) in [5, 5.41) is 5.56. The van der Waals surface area contributed by atoms with Gasteiger partial charge in [-0.3, -0.25) is 34.1 Å². The number of nitrogens with zero attached hydrogens (tertiary/aromatic N) is 5. The minimum absolute atomic E-state index is 0.0264. The second kappa shape index (κ2) is 25.3. The highest BCUT2D eigenvalue weighted by molar-refractivity contribution is 6.78. The molecule has 2 N–H and O–H groups in total. The lowest BCUT2D eigenvalue weighted by Crippen LogP contribution is -2.62. The van der Waals surface area contributed by atoms with Crippen LogP contribution in [0.3, 0.4) is 0 Å². The Kier molecular flexibility index (Phi) is 19.2. The summed E-state index contributed by atoms with van der Waals surface area (Å²) >= 11 is 0. The molecule has 0 saturated carbocycles. The standard InChI is InChI=1S/C63H87N7O8Si/c1-16-43(11)67(14)59(72)49-31-48(35-64-36-49)57-52-34-63(12,13)38-77-61(74)53-24-21-27-70(66-53)60(73)54(65-58(71)56(39(3)4)68(15)62(75)76-37-44-22-19-18-20-23-44)30-45-28-47(46-25-26-55(51(52)33-46)69(57)17-2)32-50(29-45)78-79(40(5)6,41(7)8)42(9)10/h18-20,22-23,25-26,28-29,31-33,35-36,39-43,53-54,56,66H,16-17,21,24,27,30,34,37-38H2,1-15H3,(H,65,71)/t43?,53-,54-,56-/m0/s1. The predicted molar refractivity (Wildman–Crippen MR) is 315 cm³/mol. The van der Waals surface area contributed by atoms with E-state index in [1.54, 1.807) is 11.1 Å². The Hall–Kier alpha value is -6.52. The van der Waals surface area contributed by atoms with E-state index in [-0.39, 0.29) is 60.7 Å². The van der Waals surface area contributed by atoms with Crippen molar-refractivity contribution in [2.24, 2.45) is 11.3 Å². The van der Waals surface area contributed by atoms with E-state index < -0.39 is 55.7 Å². The Morgan fingerprint density at radius 3 is 2.20 bits per heavy atom. The number of hydrogen-bond acceptors (Lipinski definition) is 10. The summed E-state index contributed by atoms with van der Waals surface area (Å²) in [6.07, 6.45) is 5.11. The molecule has 16 heteroatoms. The lowest BCUT2D eigenvalue weighted by molar-refractivity contribution is -0.155. The van der Waals surface area contributed by atoms with Crippen molar-refractivity contribution >= 4 is 49.0 Å². The first-order chi connectivity index (χ1) is 37.4. The van der Waals surface area contributed by atoms with Gasteiger partial charge in [-0.15, -0.1) is 0 Å². The van der Waals surface area contributed by atoms with E-state index >= 15 is 4.79 Å². The zero-order chi connectivity index (χ0) is 57.7. The molecule has 15 nitrogen and oxygen atoms in total. The van der Waals surface area contributed by atoms with Crippen molar-refractivity contribution < 1.29 is 37.9 Å². The zero-order valence-corrected chi connectivity index (χ0v) is 50.6. The SMILES string of the molecule is CCC(C)N(C)C(=O)c1cncc(-c2c3c4cc(ccc4n2CC)-c2cc(cc(O[Si](C(C)C)(C(C)C)C(C)C)c2)C[C@H](NC(=O)[C@H](C(C)C)N(C)C(=O)OCc2ccccc2)C(=O)N2CCC[C@H](N2)C(=O)OCC(C)(C)C3)c1. The van der Waals surface area contributed by atoms with Crippen molar-refractivity contribution in [1.29, 1.82) is 0 Å². The van der Waals surface area contributed by atoms with Crippen LogP contribution in [0.5, 0.6) is 5.75 Å². The van der Waals surface area contributed by atoms with Gasteiger partial charge in [-0.2, -0.15) is 0 Å². The number of esters is 1. The summed E-state index contributed by atoms with van der Waals surface area (Å²) in [5.74, 6) is -1.22. The van der Waals surface area contributed by atoms with Crippen LogP contribution in [0.4, 0.5) is 4.79 Å². The number of amides is 4. The lowest BCUT2D eigenvalue weighted by atomic mass is 9.84. The lowest BCUT2D eigenvalue weighted by Gasteiger charge is -2.42. The maximum Gasteiger partial charge on any atom is 0.410 e. The van der Waals surface area contributed by atoms with Crippen LogP contribution >= 0.6 is 0 Å². The van der Waals surface area contributed by atoms with Gasteiger partial charge in [0.1, 0.15) is 30.5 Å². The number of fused-ring (bicyclic) bond motifs is 6. The summed E-state index contributed by atoms with van der Waals surface area (Å²) in [5.41, 5.74) is 11.0. The fourth-order valence-electron chi connectivity index (χ4n) is 12.1. The third-order valence-corrected chi connectivity index (χ3v) is 22.5. The molecule has 4 atom stereocenters. The fraction of sp³-hybridized carbons (Fsp3) is 0.524. The van der Waals surface area contributed by atoms with Crippen molar-refractivity contribution in [3.05, 3.63) is 107 Å². The molecule has 5 aromatic rings. The van der Waals surface area contributed by atoms with E-state index in [0.717, 1.165) is 56.4 Å². The third-order valence-electron chi connectivity index (χ3n) is 16.5. The number of benzene rings is 3. The number of rotatable bonds is 16. The molecule has 0 aliphatic carbocycles. The average molecular weight is 1100 g/mol. The van der Waals surface area contributed by atoms with Crippen LogP contribution in [0.25, 0.3) is 33.3 Å². The number of pyridine rings is 1. The summed E-state index contributed by atoms with van der Waals surface area (Å²) < 4.78 is 21.7. The van der Waals surface area contributed by atoms with Crippen molar-refractivity contribution in [3.63, 3.8) is 0 Å². The summed E-state index contributed by atoms with van der Waals surface area (Å²) in [7, 11) is 0.810. The number of carbonyl (C=O) groups is 5. The Bertz CT molecular complexity index is 2970. The number of hydrazine groups is 1. The smallest absolute Gasteiger partial charge is 0.410 e. The second-order valence-electron chi connectivity index (χ2n) is 24.1. The number of aromatic nitrogens is 2. The molecule has 2 aromatic heterocycles. The number of hydrogen-bond donors (Lipinski definition) is 2. The molecular weight excluding hydrogens is 1010 g/mol. The van der Waals surface area contributed by atoms with E-state index in [2.05, 4.69) is 120 Å². The molecule has 7 rings (SSSR count). The van der Waals surface area contributed by atoms with E-state index in [1.165, 1.54) is 17.0 Å². The van der Waals surface area contributed by atoms with Crippen molar-refractivity contribution in [2.45, 2.75) is 176 Å². The van der Waals surface area contributed by atoms with E-state index in [4.69, 9.17) is 13.9 Å². The highest BCUT2D eigenvalue weighted by atomic mass is 28.4. The minimum Gasteiger partial charge on any atom is -0.543 e. The van der Waals surface area contributed by atoms with Crippen molar-refractivity contribution in [3.8, 4) is 28.1 Å². The third kappa shape index (κ3) is 13.2. The van der Waals surface area contributed by atoms with Crippen LogP contribution in [-0.4, -0.2) is 114 Å². The monoisotopic (exact) mass is 1100 g/mol. The highest BCUT2D eigenvalue weighted by Gasteiger charge is 2.47. The van der Waals surface area contributed by atoms with Gasteiger partial charge in [0.15, 0.2) is 0 Å². The van der Waals surface area contributed by atoms with Gasteiger partial charge in [0, 0.05) is 73.9 Å². The molecule has 1 fully saturated rings. The Balaban J connectivity index is 1.42. The van der Waals surface area contributed by atoms with Crippen LogP contribution in [-0.2, 0) is 49.9 Å². The first kappa shape index (κ1) is 60.1. The number of ether oxygens (including phenoxy) is 2. The van der Waals surface area contributed by atoms with Crippen molar-refractivity contribution in [2.75, 3.05) is 27.2 Å². The average Bonchev–Trinajstić information content (AvgIpc) is 4.01. The molecular formula is C63H87N7O8Si. The van der Waals surface area contributed by atoms with Gasteiger partial charge in [-0.25, -0.2) is 10.2 Å². The second-order valence-corrected chi connectivity index (χ2v) is 29.5. The molecule has 2 aliphatic rings. The van der Waals surface area contributed by atoms with Gasteiger partial charge in [0.05, 0.1) is 17.9 Å². The van der Waals surface area contributed by atoms with Gasteiger partial charge in [0.25, 0.3) is 20.1 Å². The van der Waals surface area contributed by atoms with E-state index in [1.807, 2.05) is 76.5 Å². The summed E-state index contributed by atoms with van der Waals surface area (Å²) in [6, 6.07) is 21.0. The topological polar surface area (TPSA) is 165 Å². The number of carbonyl (C=O) groups excluding carboxylic acids is 5. The number of nitrogens with one attached hydrogen (secondary N) is 2. The van der Waals surface area contributed by atoms with Crippen molar-refractivity contribution in [1.82, 2.24) is 35.1 Å². The number of likely N-dealkylation sites (N-methyl/N-ethyl adjacent to an activating group) is 1. The highest BCUT2D eigenvalue weighted by Crippen LogP contribution is 2.45. The maximum atomic E-state index is 15.2. The Morgan fingerprint density at radius 2 is 1.56 bits per heavy atom. The molecule has 0 spiro atoms. The molecule has 2 aliphatic heterocycles. The molecule has 3 aromatic carbocycles. The number of aryl methyl sites for hydroxylation is 1. The van der Waals surface area contributed by atoms with Crippen LogP contribution in [0, 0.1) is 11.3 Å². The molecule has 1 unspecified atom stereocenters. The summed E-state index contributed by atoms with van der Waals surface area (Å²) in [6.45, 7) is 28.6. The Labute approximate surface area is 470 Å². The number of cyclic esters (lactones) is 1. The zero-order valence-electron chi connectivity index (χ0n) is 49.6. The molecule has 4 heterocycles. The van der Waals surface area contributed by atoms with Crippen LogP contribution in [0.1, 0.15) is 136 Å². The predicted octanol–water partition coefficient (Wildman–Crippen LogP) is 11.8. The summed E-state index contributed by atoms with van der Waals surface area (Å²) in [4.78, 5) is 79.7. The first-order valence-corrected chi connectivity index (χ1v) is 30.7. The molecule has 6 bridgehead atoms. The molecule has 0 radical (unpaired) electrons. The first-order valence-electron chi connectivity index (χ1n) is 28.6. The van der Waals surface area contributed by atoms with E-state index in [9.17, 15) is 19.2 Å². The maximum absolute atomic E-state index is 15.2. The molecule has 426 valence electrons. The van der Waals surface area contributed by atoms with Crippen LogP contribution in [0.2, 0.25) is 16.6 Å². The molecule has 4 amide bonds. The van der Waals surface area contributed by atoms with Gasteiger partial charge in [0.2, 0.25) is 5.91 Å². The van der Waals surface area contributed by atoms with Gasteiger partial charge < -0.3 is 28.7 Å².